The molecule has 4 rings (SSSR count). The van der Waals surface area contributed by atoms with E-state index in [0.29, 0.717) is 11.5 Å². The predicted molar refractivity (Wildman–Crippen MR) is 126 cm³/mol. The smallest absolute Gasteiger partial charge is 0.206 e. The summed E-state index contributed by atoms with van der Waals surface area (Å²) in [7, 11) is -3.65. The van der Waals surface area contributed by atoms with Gasteiger partial charge in [-0.05, 0) is 91.6 Å². The highest BCUT2D eigenvalue weighted by atomic mass is 32.2. The Balaban J connectivity index is 1.43. The molecule has 0 saturated heterocycles. The molecule has 0 bridgehead atoms. The van der Waals surface area contributed by atoms with Gasteiger partial charge in [0.05, 0.1) is 9.79 Å². The van der Waals surface area contributed by atoms with Crippen LogP contribution in [0.25, 0.3) is 0 Å². The molecule has 0 spiro atoms. The summed E-state index contributed by atoms with van der Waals surface area (Å²) in [6, 6.07) is 19.7. The number of sulfone groups is 1. The Morgan fingerprint density at radius 2 is 1.41 bits per heavy atom. The van der Waals surface area contributed by atoms with Gasteiger partial charge in [-0.15, -0.1) is 0 Å². The van der Waals surface area contributed by atoms with Crippen LogP contribution < -0.4 is 4.74 Å². The van der Waals surface area contributed by atoms with Gasteiger partial charge in [-0.2, -0.15) is 0 Å². The first-order valence-corrected chi connectivity index (χ1v) is 11.8. The van der Waals surface area contributed by atoms with Crippen LogP contribution in [0.15, 0.2) is 118 Å². The topological polar surface area (TPSA) is 63.6 Å². The van der Waals surface area contributed by atoms with Crippen LogP contribution >= 0.6 is 0 Å². The Morgan fingerprint density at radius 3 is 1.97 bits per heavy atom. The van der Waals surface area contributed by atoms with Gasteiger partial charge in [0.25, 0.3) is 0 Å². The Hall–Kier alpha value is -3.57. The molecular weight excluding hydrogens is 420 g/mol. The monoisotopic (exact) mass is 444 g/mol. The number of ether oxygens (including phenoxy) is 1. The Morgan fingerprint density at radius 1 is 0.844 bits per heavy atom. The van der Waals surface area contributed by atoms with Gasteiger partial charge in [-0.3, -0.25) is 0 Å². The number of rotatable bonds is 6. The van der Waals surface area contributed by atoms with Crippen molar-refractivity contribution in [2.75, 3.05) is 0 Å². The number of allylic oxidation sites excluding steroid dienone is 6. The molecule has 3 aromatic rings. The van der Waals surface area contributed by atoms with Gasteiger partial charge in [0.15, 0.2) is 0 Å². The summed E-state index contributed by atoms with van der Waals surface area (Å²) >= 11 is 0. The van der Waals surface area contributed by atoms with E-state index < -0.39 is 9.84 Å². The number of hydrogen-bond donors (Lipinski definition) is 1. The second-order valence-corrected chi connectivity index (χ2v) is 9.64. The summed E-state index contributed by atoms with van der Waals surface area (Å²) < 4.78 is 31.3. The first kappa shape index (κ1) is 21.7. The zero-order chi connectivity index (χ0) is 22.6. The normalized spacial score (nSPS) is 14.9. The first-order valence-electron chi connectivity index (χ1n) is 10.3. The molecule has 0 heterocycles. The van der Waals surface area contributed by atoms with Gasteiger partial charge in [0, 0.05) is 0 Å². The van der Waals surface area contributed by atoms with Gasteiger partial charge < -0.3 is 9.84 Å². The molecule has 1 aliphatic carbocycles. The van der Waals surface area contributed by atoms with E-state index in [4.69, 9.17) is 4.74 Å². The van der Waals surface area contributed by atoms with Gasteiger partial charge in [0.2, 0.25) is 9.84 Å². The highest BCUT2D eigenvalue weighted by Crippen LogP contribution is 2.27. The number of hydrogen-bond acceptors (Lipinski definition) is 4. The van der Waals surface area contributed by atoms with Crippen molar-refractivity contribution < 1.29 is 18.3 Å². The van der Waals surface area contributed by atoms with Gasteiger partial charge in [-0.1, -0.05) is 42.0 Å². The minimum atomic E-state index is -3.65. The maximum Gasteiger partial charge on any atom is 0.206 e. The maximum absolute atomic E-state index is 12.7. The SMILES string of the molecule is CC(Cc1ccc(Oc2ccc(S(=O)(=O)c3ccc(O)cc3)cc2)cc1)=C1C=CC=CC1. The lowest BCUT2D eigenvalue weighted by molar-refractivity contribution is 0.475. The molecule has 0 radical (unpaired) electrons. The van der Waals surface area contributed by atoms with Crippen LogP contribution in [0.5, 0.6) is 17.2 Å². The van der Waals surface area contributed by atoms with Crippen molar-refractivity contribution in [1.82, 2.24) is 0 Å². The zero-order valence-electron chi connectivity index (χ0n) is 17.7. The number of phenols is 1. The van der Waals surface area contributed by atoms with Crippen LogP contribution in [-0.2, 0) is 16.3 Å². The molecule has 4 nitrogen and oxygen atoms in total. The summed E-state index contributed by atoms with van der Waals surface area (Å²) in [6.45, 7) is 2.16. The molecule has 5 heteroatoms. The lowest BCUT2D eigenvalue weighted by atomic mass is 9.97. The number of aromatic hydroxyl groups is 1. The molecule has 0 aliphatic heterocycles. The van der Waals surface area contributed by atoms with Crippen molar-refractivity contribution in [3.05, 3.63) is 114 Å². The summed E-state index contributed by atoms with van der Waals surface area (Å²) in [5.41, 5.74) is 3.92. The van der Waals surface area contributed by atoms with Crippen LogP contribution in [0.4, 0.5) is 0 Å². The van der Waals surface area contributed by atoms with E-state index in [1.807, 2.05) is 24.3 Å². The molecule has 0 fully saturated rings. The minimum absolute atomic E-state index is 0.0218. The second-order valence-electron chi connectivity index (χ2n) is 7.69. The molecule has 0 unspecified atom stereocenters. The summed E-state index contributed by atoms with van der Waals surface area (Å²) in [4.78, 5) is 0.297. The van der Waals surface area contributed by atoms with Crippen LogP contribution in [-0.4, -0.2) is 13.5 Å². The van der Waals surface area contributed by atoms with Gasteiger partial charge >= 0.3 is 0 Å². The summed E-state index contributed by atoms with van der Waals surface area (Å²) in [5, 5.41) is 9.37. The van der Waals surface area contributed by atoms with Crippen molar-refractivity contribution in [2.45, 2.75) is 29.6 Å². The molecule has 3 aromatic carbocycles. The number of phenolic OH excluding ortho intramolecular Hbond substituents is 1. The minimum Gasteiger partial charge on any atom is -0.508 e. The maximum atomic E-state index is 12.7. The molecule has 0 atom stereocenters. The Labute approximate surface area is 188 Å². The Bertz CT molecular complexity index is 1280. The zero-order valence-corrected chi connectivity index (χ0v) is 18.5. The van der Waals surface area contributed by atoms with E-state index in [1.54, 1.807) is 12.1 Å². The average molecular weight is 445 g/mol. The molecular formula is C27H24O4S. The van der Waals surface area contributed by atoms with Gasteiger partial charge in [-0.25, -0.2) is 8.42 Å². The summed E-state index contributed by atoms with van der Waals surface area (Å²) in [5.74, 6) is 1.27. The lowest BCUT2D eigenvalue weighted by Crippen LogP contribution is -2.01. The first-order chi connectivity index (χ1) is 15.4. The van der Waals surface area contributed by atoms with Crippen molar-refractivity contribution in [1.29, 1.82) is 0 Å². The van der Waals surface area contributed by atoms with E-state index in [0.717, 1.165) is 12.8 Å². The van der Waals surface area contributed by atoms with E-state index in [1.165, 1.54) is 53.1 Å². The predicted octanol–water partition coefficient (Wildman–Crippen LogP) is 6.39. The van der Waals surface area contributed by atoms with E-state index in [9.17, 15) is 13.5 Å². The highest BCUT2D eigenvalue weighted by Gasteiger charge is 2.17. The molecule has 0 saturated carbocycles. The third-order valence-electron chi connectivity index (χ3n) is 5.34. The Kier molecular flexibility index (Phi) is 6.28. The lowest BCUT2D eigenvalue weighted by Gasteiger charge is -2.11. The van der Waals surface area contributed by atoms with Crippen LogP contribution in [0.3, 0.4) is 0 Å². The molecule has 1 aliphatic rings. The van der Waals surface area contributed by atoms with E-state index >= 15 is 0 Å². The highest BCUT2D eigenvalue weighted by molar-refractivity contribution is 7.91. The third-order valence-corrected chi connectivity index (χ3v) is 7.13. The molecule has 0 amide bonds. The quantitative estimate of drug-likeness (QED) is 0.478. The molecule has 0 aromatic heterocycles. The van der Waals surface area contributed by atoms with Crippen LogP contribution in [0.2, 0.25) is 0 Å². The fourth-order valence-electron chi connectivity index (χ4n) is 3.51. The van der Waals surface area contributed by atoms with Crippen molar-refractivity contribution in [3.8, 4) is 17.2 Å². The molecule has 32 heavy (non-hydrogen) atoms. The largest absolute Gasteiger partial charge is 0.508 e. The van der Waals surface area contributed by atoms with Crippen molar-refractivity contribution in [2.24, 2.45) is 0 Å². The van der Waals surface area contributed by atoms with Crippen molar-refractivity contribution in [3.63, 3.8) is 0 Å². The fourth-order valence-corrected chi connectivity index (χ4v) is 4.77. The van der Waals surface area contributed by atoms with Crippen LogP contribution in [0.1, 0.15) is 18.9 Å². The average Bonchev–Trinajstić information content (AvgIpc) is 2.81. The van der Waals surface area contributed by atoms with Crippen molar-refractivity contribution >= 4 is 9.84 Å². The summed E-state index contributed by atoms with van der Waals surface area (Å²) in [6.07, 6.45) is 10.3. The standard InChI is InChI=1S/C27H24O4S/c1-20(22-5-3-2-4-6-22)19-21-7-11-24(12-8-21)31-25-13-17-27(18-14-25)32(29,30)26-15-9-23(28)10-16-26/h2-5,7-18,28H,6,19H2,1H3. The van der Waals surface area contributed by atoms with E-state index in [2.05, 4.69) is 31.2 Å². The fraction of sp³-hybridized carbons (Fsp3) is 0.111. The van der Waals surface area contributed by atoms with Crippen LogP contribution in [0, 0.1) is 0 Å². The van der Waals surface area contributed by atoms with Gasteiger partial charge in [0.1, 0.15) is 17.2 Å². The number of benzene rings is 3. The third kappa shape index (κ3) is 5.01. The van der Waals surface area contributed by atoms with E-state index in [-0.39, 0.29) is 15.5 Å². The second kappa shape index (κ2) is 9.28. The molecule has 162 valence electrons. The molecule has 1 N–H and O–H groups in total.